The Labute approximate surface area is 218 Å². The van der Waals surface area contributed by atoms with E-state index in [-0.39, 0.29) is 36.7 Å². The van der Waals surface area contributed by atoms with Crippen molar-refractivity contribution in [3.63, 3.8) is 0 Å². The fraction of sp³-hybridized carbons (Fsp3) is 0.179. The Bertz CT molecular complexity index is 1390. The van der Waals surface area contributed by atoms with Gasteiger partial charge in [0.05, 0.1) is 12.1 Å². The highest BCUT2D eigenvalue weighted by molar-refractivity contribution is 6.30. The minimum Gasteiger partial charge on any atom is -0.331 e. The Kier molecular flexibility index (Phi) is 7.98. The molecule has 0 saturated carbocycles. The molecule has 0 bridgehead atoms. The molecule has 2 amide bonds. The predicted octanol–water partition coefficient (Wildman–Crippen LogP) is 5.89. The van der Waals surface area contributed by atoms with Crippen LogP contribution in [-0.2, 0) is 16.0 Å². The molecule has 0 aliphatic rings. The van der Waals surface area contributed by atoms with E-state index in [2.05, 4.69) is 10.3 Å². The smallest absolute Gasteiger partial charge is 0.246 e. The molecular formula is C28H25ClF2N4O2. The predicted molar refractivity (Wildman–Crippen MR) is 140 cm³/mol. The minimum atomic E-state index is -0.447. The fourth-order valence-corrected chi connectivity index (χ4v) is 3.91. The van der Waals surface area contributed by atoms with Gasteiger partial charge in [-0.25, -0.2) is 13.8 Å². The molecule has 3 aromatic carbocycles. The Morgan fingerprint density at radius 1 is 0.946 bits per heavy atom. The van der Waals surface area contributed by atoms with Gasteiger partial charge in [-0.1, -0.05) is 23.7 Å². The molecule has 0 aliphatic heterocycles. The van der Waals surface area contributed by atoms with Crippen molar-refractivity contribution in [2.75, 3.05) is 11.9 Å². The number of carbonyl (C=O) groups excluding carboxylic acids is 2. The van der Waals surface area contributed by atoms with Gasteiger partial charge in [-0.15, -0.1) is 0 Å². The van der Waals surface area contributed by atoms with E-state index >= 15 is 0 Å². The number of anilines is 1. The standard InChI is InChI=1S/C28H25ClF2N4O2/c1-18(2)34(27(37)15-19-3-7-21(29)8-4-19)17-26(36)33-28-32-25(20-5-9-22(30)10-6-20)16-35(28)24-13-11-23(31)12-14-24/h3-14,16,18H,15,17H2,1-2H3,(H,32,33,36). The van der Waals surface area contributed by atoms with Crippen LogP contribution in [0.25, 0.3) is 16.9 Å². The summed E-state index contributed by atoms with van der Waals surface area (Å²) >= 11 is 5.93. The lowest BCUT2D eigenvalue weighted by Gasteiger charge is -2.26. The summed E-state index contributed by atoms with van der Waals surface area (Å²) in [5.41, 5.74) is 2.48. The van der Waals surface area contributed by atoms with Crippen LogP contribution >= 0.6 is 11.6 Å². The van der Waals surface area contributed by atoms with Crippen molar-refractivity contribution in [3.8, 4) is 16.9 Å². The number of hydrogen-bond acceptors (Lipinski definition) is 3. The number of hydrogen-bond donors (Lipinski definition) is 1. The third kappa shape index (κ3) is 6.59. The van der Waals surface area contributed by atoms with Crippen LogP contribution in [-0.4, -0.2) is 38.9 Å². The average Bonchev–Trinajstić information content (AvgIpc) is 3.28. The van der Waals surface area contributed by atoms with Crippen LogP contribution in [0.2, 0.25) is 5.02 Å². The Morgan fingerprint density at radius 2 is 1.54 bits per heavy atom. The maximum absolute atomic E-state index is 13.5. The van der Waals surface area contributed by atoms with Gasteiger partial charge in [0.2, 0.25) is 17.8 Å². The first kappa shape index (κ1) is 26.0. The number of imidazole rings is 1. The van der Waals surface area contributed by atoms with Crippen molar-refractivity contribution < 1.29 is 18.4 Å². The van der Waals surface area contributed by atoms with E-state index in [9.17, 15) is 18.4 Å². The molecule has 0 radical (unpaired) electrons. The molecule has 6 nitrogen and oxygen atoms in total. The second-order valence-corrected chi connectivity index (χ2v) is 9.21. The zero-order valence-corrected chi connectivity index (χ0v) is 21.0. The normalized spacial score (nSPS) is 11.0. The maximum Gasteiger partial charge on any atom is 0.246 e. The Hall–Kier alpha value is -4.04. The summed E-state index contributed by atoms with van der Waals surface area (Å²) in [6.45, 7) is 3.48. The summed E-state index contributed by atoms with van der Waals surface area (Å²) in [6.07, 6.45) is 1.80. The quantitative estimate of drug-likeness (QED) is 0.314. The van der Waals surface area contributed by atoms with Crippen LogP contribution in [0, 0.1) is 11.6 Å². The highest BCUT2D eigenvalue weighted by atomic mass is 35.5. The van der Waals surface area contributed by atoms with Gasteiger partial charge in [-0.2, -0.15) is 0 Å². The largest absolute Gasteiger partial charge is 0.331 e. The summed E-state index contributed by atoms with van der Waals surface area (Å²) in [5.74, 6) is -1.25. The van der Waals surface area contributed by atoms with Gasteiger partial charge in [0, 0.05) is 28.5 Å². The molecule has 0 saturated heterocycles. The average molecular weight is 523 g/mol. The van der Waals surface area contributed by atoms with Gasteiger partial charge in [0.1, 0.15) is 18.2 Å². The number of halogens is 3. The number of aromatic nitrogens is 2. The third-order valence-corrected chi connectivity index (χ3v) is 5.98. The molecule has 0 fully saturated rings. The van der Waals surface area contributed by atoms with Crippen LogP contribution in [0.4, 0.5) is 14.7 Å². The fourth-order valence-electron chi connectivity index (χ4n) is 3.78. The van der Waals surface area contributed by atoms with Crippen LogP contribution in [0.1, 0.15) is 19.4 Å². The number of nitrogens with one attached hydrogen (secondary N) is 1. The lowest BCUT2D eigenvalue weighted by Crippen LogP contribution is -2.43. The first-order chi connectivity index (χ1) is 17.7. The number of nitrogens with zero attached hydrogens (tertiary/aromatic N) is 3. The molecule has 37 heavy (non-hydrogen) atoms. The highest BCUT2D eigenvalue weighted by Crippen LogP contribution is 2.25. The van der Waals surface area contributed by atoms with E-state index in [1.807, 2.05) is 13.8 Å². The Balaban J connectivity index is 1.56. The summed E-state index contributed by atoms with van der Waals surface area (Å²) < 4.78 is 28.5. The van der Waals surface area contributed by atoms with Gasteiger partial charge >= 0.3 is 0 Å². The summed E-state index contributed by atoms with van der Waals surface area (Å²) in [7, 11) is 0. The number of carbonyl (C=O) groups is 2. The molecular weight excluding hydrogens is 498 g/mol. The Morgan fingerprint density at radius 3 is 2.14 bits per heavy atom. The van der Waals surface area contributed by atoms with Crippen LogP contribution in [0.3, 0.4) is 0 Å². The highest BCUT2D eigenvalue weighted by Gasteiger charge is 2.22. The number of amides is 2. The van der Waals surface area contributed by atoms with Crippen molar-refractivity contribution in [1.82, 2.24) is 14.5 Å². The maximum atomic E-state index is 13.5. The molecule has 0 unspecified atom stereocenters. The molecule has 0 spiro atoms. The van der Waals surface area contributed by atoms with E-state index in [4.69, 9.17) is 11.6 Å². The van der Waals surface area contributed by atoms with Gasteiger partial charge in [-0.3, -0.25) is 19.5 Å². The monoisotopic (exact) mass is 522 g/mol. The van der Waals surface area contributed by atoms with E-state index in [1.165, 1.54) is 29.2 Å². The first-order valence-electron chi connectivity index (χ1n) is 11.6. The first-order valence-corrected chi connectivity index (χ1v) is 12.0. The van der Waals surface area contributed by atoms with E-state index in [0.717, 1.165) is 5.56 Å². The number of benzene rings is 3. The van der Waals surface area contributed by atoms with Crippen LogP contribution < -0.4 is 5.32 Å². The van der Waals surface area contributed by atoms with Gasteiger partial charge in [0.25, 0.3) is 0 Å². The SMILES string of the molecule is CC(C)N(CC(=O)Nc1nc(-c2ccc(F)cc2)cn1-c1ccc(F)cc1)C(=O)Cc1ccc(Cl)cc1. The lowest BCUT2D eigenvalue weighted by atomic mass is 10.1. The van der Waals surface area contributed by atoms with E-state index in [1.54, 1.807) is 59.3 Å². The van der Waals surface area contributed by atoms with Gasteiger partial charge in [0.15, 0.2) is 0 Å². The second kappa shape index (κ2) is 11.3. The second-order valence-electron chi connectivity index (χ2n) is 8.77. The van der Waals surface area contributed by atoms with E-state index < -0.39 is 11.7 Å². The van der Waals surface area contributed by atoms with Crippen LogP contribution in [0.15, 0.2) is 79.0 Å². The molecule has 4 aromatic rings. The topological polar surface area (TPSA) is 67.2 Å². The summed E-state index contributed by atoms with van der Waals surface area (Å²) in [6, 6.07) is 18.2. The van der Waals surface area contributed by atoms with Crippen molar-refractivity contribution in [3.05, 3.63) is 101 Å². The van der Waals surface area contributed by atoms with Crippen molar-refractivity contribution >= 4 is 29.4 Å². The molecule has 9 heteroatoms. The van der Waals surface area contributed by atoms with Crippen molar-refractivity contribution in [1.29, 1.82) is 0 Å². The lowest BCUT2D eigenvalue weighted by molar-refractivity contribution is -0.135. The van der Waals surface area contributed by atoms with Gasteiger partial charge in [-0.05, 0) is 80.1 Å². The molecule has 4 rings (SSSR count). The molecule has 1 aromatic heterocycles. The zero-order valence-electron chi connectivity index (χ0n) is 20.3. The van der Waals surface area contributed by atoms with Gasteiger partial charge < -0.3 is 4.90 Å². The summed E-state index contributed by atoms with van der Waals surface area (Å²) in [4.78, 5) is 32.1. The van der Waals surface area contributed by atoms with Crippen molar-refractivity contribution in [2.24, 2.45) is 0 Å². The molecule has 190 valence electrons. The summed E-state index contributed by atoms with van der Waals surface area (Å²) in [5, 5.41) is 3.35. The number of rotatable bonds is 8. The molecule has 1 N–H and O–H groups in total. The zero-order chi connectivity index (χ0) is 26.5. The van der Waals surface area contributed by atoms with Crippen molar-refractivity contribution in [2.45, 2.75) is 26.3 Å². The molecule has 1 heterocycles. The third-order valence-electron chi connectivity index (χ3n) is 5.73. The van der Waals surface area contributed by atoms with Crippen LogP contribution in [0.5, 0.6) is 0 Å². The minimum absolute atomic E-state index is 0.127. The molecule has 0 aliphatic carbocycles. The molecule has 0 atom stereocenters. The van der Waals surface area contributed by atoms with E-state index in [0.29, 0.717) is 22.0 Å².